The molecule has 0 spiro atoms. The van der Waals surface area contributed by atoms with Crippen molar-refractivity contribution in [2.75, 3.05) is 18.5 Å². The third kappa shape index (κ3) is 6.02. The van der Waals surface area contributed by atoms with E-state index in [2.05, 4.69) is 45.7 Å². The van der Waals surface area contributed by atoms with Crippen LogP contribution in [0, 0.1) is 11.8 Å². The number of hydrogen-bond donors (Lipinski definition) is 3. The molecule has 0 amide bonds. The first-order valence-corrected chi connectivity index (χ1v) is 10.5. The Morgan fingerprint density at radius 2 is 2.13 bits per heavy atom. The summed E-state index contributed by atoms with van der Waals surface area (Å²) in [5.74, 6) is 1.04. The van der Waals surface area contributed by atoms with Crippen LogP contribution in [0.15, 0.2) is 30.9 Å². The molecule has 0 radical (unpaired) electrons. The Labute approximate surface area is 180 Å². The van der Waals surface area contributed by atoms with E-state index >= 15 is 0 Å². The highest BCUT2D eigenvalue weighted by Gasteiger charge is 2.15. The van der Waals surface area contributed by atoms with Crippen molar-refractivity contribution >= 4 is 28.6 Å². The normalized spacial score (nSPS) is 13.5. The van der Waals surface area contributed by atoms with Crippen LogP contribution in [-0.4, -0.2) is 59.8 Å². The fourth-order valence-corrected chi connectivity index (χ4v) is 3.31. The SMILES string of the molecule is CCC(Cn1ccc2cnc(Nc3cnn(CC(=O)OCC(O)CO)c3)nc21)C(C)C. The number of nitrogens with one attached hydrogen (secondary N) is 1. The molecule has 0 aliphatic carbocycles. The fourth-order valence-electron chi connectivity index (χ4n) is 3.31. The number of aliphatic hydroxyl groups is 2. The molecule has 0 aliphatic heterocycles. The fraction of sp³-hybridized carbons (Fsp3) is 0.524. The molecule has 3 aromatic rings. The lowest BCUT2D eigenvalue weighted by atomic mass is 9.93. The van der Waals surface area contributed by atoms with Gasteiger partial charge in [0, 0.05) is 30.5 Å². The lowest BCUT2D eigenvalue weighted by Gasteiger charge is -2.20. The summed E-state index contributed by atoms with van der Waals surface area (Å²) in [7, 11) is 0. The summed E-state index contributed by atoms with van der Waals surface area (Å²) in [6, 6.07) is 2.02. The van der Waals surface area contributed by atoms with Crippen LogP contribution in [0.3, 0.4) is 0 Å². The van der Waals surface area contributed by atoms with Crippen molar-refractivity contribution in [1.29, 1.82) is 0 Å². The van der Waals surface area contributed by atoms with Crippen molar-refractivity contribution < 1.29 is 19.7 Å². The molecule has 168 valence electrons. The molecular formula is C21H30N6O4. The van der Waals surface area contributed by atoms with Gasteiger partial charge in [-0.05, 0) is 17.9 Å². The van der Waals surface area contributed by atoms with E-state index in [1.54, 1.807) is 18.6 Å². The molecule has 3 rings (SSSR count). The first-order chi connectivity index (χ1) is 14.9. The number of carbonyl (C=O) groups is 1. The van der Waals surface area contributed by atoms with E-state index < -0.39 is 18.7 Å². The molecule has 31 heavy (non-hydrogen) atoms. The van der Waals surface area contributed by atoms with Gasteiger partial charge in [0.2, 0.25) is 5.95 Å². The first kappa shape index (κ1) is 22.7. The van der Waals surface area contributed by atoms with Gasteiger partial charge in [0.15, 0.2) is 0 Å². The van der Waals surface area contributed by atoms with Crippen molar-refractivity contribution in [2.24, 2.45) is 11.8 Å². The zero-order chi connectivity index (χ0) is 22.4. The zero-order valence-electron chi connectivity index (χ0n) is 18.1. The van der Waals surface area contributed by atoms with Gasteiger partial charge in [0.05, 0.1) is 18.5 Å². The molecule has 0 aromatic carbocycles. The number of anilines is 2. The quantitative estimate of drug-likeness (QED) is 0.394. The Morgan fingerprint density at radius 1 is 1.32 bits per heavy atom. The van der Waals surface area contributed by atoms with Crippen molar-refractivity contribution in [3.63, 3.8) is 0 Å². The maximum atomic E-state index is 11.8. The second kappa shape index (κ2) is 10.4. The van der Waals surface area contributed by atoms with Gasteiger partial charge in [-0.1, -0.05) is 27.2 Å². The van der Waals surface area contributed by atoms with Crippen LogP contribution in [-0.2, 0) is 22.6 Å². The third-order valence-corrected chi connectivity index (χ3v) is 5.23. The van der Waals surface area contributed by atoms with Crippen molar-refractivity contribution in [2.45, 2.75) is 46.4 Å². The van der Waals surface area contributed by atoms with Crippen LogP contribution >= 0.6 is 0 Å². The molecule has 0 aliphatic rings. The number of esters is 1. The minimum Gasteiger partial charge on any atom is -0.461 e. The molecule has 2 atom stereocenters. The number of hydrogen-bond acceptors (Lipinski definition) is 8. The van der Waals surface area contributed by atoms with Crippen molar-refractivity contribution in [3.05, 3.63) is 30.9 Å². The molecule has 0 bridgehead atoms. The summed E-state index contributed by atoms with van der Waals surface area (Å²) in [5.41, 5.74) is 1.50. The number of rotatable bonds is 11. The average molecular weight is 431 g/mol. The maximum Gasteiger partial charge on any atom is 0.327 e. The predicted octanol–water partition coefficient (Wildman–Crippen LogP) is 1.95. The number of nitrogens with zero attached hydrogens (tertiary/aromatic N) is 5. The Bertz CT molecular complexity index is 999. The average Bonchev–Trinajstić information content (AvgIpc) is 3.36. The van der Waals surface area contributed by atoms with Gasteiger partial charge in [-0.15, -0.1) is 0 Å². The molecule has 3 N–H and O–H groups in total. The number of fused-ring (bicyclic) bond motifs is 1. The second-order valence-corrected chi connectivity index (χ2v) is 7.92. The van der Waals surface area contributed by atoms with Gasteiger partial charge >= 0.3 is 5.97 Å². The van der Waals surface area contributed by atoms with Gasteiger partial charge in [0.25, 0.3) is 0 Å². The van der Waals surface area contributed by atoms with Crippen LogP contribution in [0.5, 0.6) is 0 Å². The highest BCUT2D eigenvalue weighted by Crippen LogP contribution is 2.22. The van der Waals surface area contributed by atoms with Crippen molar-refractivity contribution in [1.82, 2.24) is 24.3 Å². The Kier molecular flexibility index (Phi) is 7.59. The summed E-state index contributed by atoms with van der Waals surface area (Å²) < 4.78 is 8.45. The number of aliphatic hydroxyl groups excluding tert-OH is 2. The van der Waals surface area contributed by atoms with E-state index in [1.807, 2.05) is 12.3 Å². The lowest BCUT2D eigenvalue weighted by Crippen LogP contribution is -2.24. The van der Waals surface area contributed by atoms with Gasteiger partial charge in [-0.25, -0.2) is 4.98 Å². The number of aromatic nitrogens is 5. The lowest BCUT2D eigenvalue weighted by molar-refractivity contribution is -0.148. The van der Waals surface area contributed by atoms with Gasteiger partial charge < -0.3 is 24.8 Å². The van der Waals surface area contributed by atoms with Gasteiger partial charge in [-0.3, -0.25) is 9.48 Å². The van der Waals surface area contributed by atoms with E-state index in [-0.39, 0.29) is 13.2 Å². The number of ether oxygens (including phenoxy) is 1. The molecule has 10 nitrogen and oxygen atoms in total. The summed E-state index contributed by atoms with van der Waals surface area (Å²) in [6.07, 6.45) is 7.06. The summed E-state index contributed by atoms with van der Waals surface area (Å²) in [5, 5.41) is 26.2. The molecule has 0 saturated heterocycles. The molecule has 3 aromatic heterocycles. The summed E-state index contributed by atoms with van der Waals surface area (Å²) in [4.78, 5) is 20.8. The Morgan fingerprint density at radius 3 is 2.84 bits per heavy atom. The van der Waals surface area contributed by atoms with E-state index in [0.29, 0.717) is 23.5 Å². The largest absolute Gasteiger partial charge is 0.461 e. The minimum atomic E-state index is -1.09. The summed E-state index contributed by atoms with van der Waals surface area (Å²) >= 11 is 0. The smallest absolute Gasteiger partial charge is 0.327 e. The molecule has 10 heteroatoms. The summed E-state index contributed by atoms with van der Waals surface area (Å²) in [6.45, 7) is 6.75. The van der Waals surface area contributed by atoms with Crippen LogP contribution in [0.2, 0.25) is 0 Å². The Hall–Kier alpha value is -2.98. The second-order valence-electron chi connectivity index (χ2n) is 7.92. The molecule has 2 unspecified atom stereocenters. The first-order valence-electron chi connectivity index (χ1n) is 10.5. The molecule has 0 saturated carbocycles. The van der Waals surface area contributed by atoms with E-state index in [1.165, 1.54) is 4.68 Å². The maximum absolute atomic E-state index is 11.8. The standard InChI is InChI=1S/C21H30N6O4/c1-4-15(14(2)3)9-26-6-5-16-7-22-21(25-20(16)26)24-17-8-23-27(10-17)11-19(30)31-13-18(29)12-28/h5-8,10,14-15,18,28-29H,4,9,11-13H2,1-3H3,(H,22,24,25). The molecule has 0 fully saturated rings. The van der Waals surface area contributed by atoms with Crippen molar-refractivity contribution in [3.8, 4) is 0 Å². The zero-order valence-corrected chi connectivity index (χ0v) is 18.1. The highest BCUT2D eigenvalue weighted by atomic mass is 16.5. The van der Waals surface area contributed by atoms with Gasteiger partial charge in [0.1, 0.15) is 24.9 Å². The van der Waals surface area contributed by atoms with Crippen LogP contribution in [0.25, 0.3) is 11.0 Å². The van der Waals surface area contributed by atoms with E-state index in [0.717, 1.165) is 24.0 Å². The Balaban J connectivity index is 1.65. The molecular weight excluding hydrogens is 400 g/mol. The third-order valence-electron chi connectivity index (χ3n) is 5.23. The van der Waals surface area contributed by atoms with E-state index in [4.69, 9.17) is 9.84 Å². The molecule has 3 heterocycles. The number of carbonyl (C=O) groups excluding carboxylic acids is 1. The monoisotopic (exact) mass is 430 g/mol. The van der Waals surface area contributed by atoms with Gasteiger partial charge in [-0.2, -0.15) is 10.1 Å². The minimum absolute atomic E-state index is 0.115. The van der Waals surface area contributed by atoms with E-state index in [9.17, 15) is 9.90 Å². The van der Waals surface area contributed by atoms with Crippen LogP contribution < -0.4 is 5.32 Å². The predicted molar refractivity (Wildman–Crippen MR) is 116 cm³/mol. The highest BCUT2D eigenvalue weighted by molar-refractivity contribution is 5.76. The topological polar surface area (TPSA) is 127 Å². The van der Waals surface area contributed by atoms with Crippen LogP contribution in [0.4, 0.5) is 11.6 Å². The van der Waals surface area contributed by atoms with Crippen LogP contribution in [0.1, 0.15) is 27.2 Å².